The Hall–Kier alpha value is -1.29. The summed E-state index contributed by atoms with van der Waals surface area (Å²) in [6.45, 7) is 6.29. The molecular formula is C15H18BrN3. The molecule has 0 atom stereocenters. The van der Waals surface area contributed by atoms with E-state index in [-0.39, 0.29) is 0 Å². The largest absolute Gasteiger partial charge is 0.325 e. The highest BCUT2D eigenvalue weighted by Gasteiger charge is 2.26. The molecule has 1 fully saturated rings. The molecule has 0 amide bonds. The molecule has 19 heavy (non-hydrogen) atoms. The van der Waals surface area contributed by atoms with Crippen molar-refractivity contribution in [1.29, 1.82) is 0 Å². The third-order valence-corrected chi connectivity index (χ3v) is 3.99. The van der Waals surface area contributed by atoms with E-state index in [1.54, 1.807) is 0 Å². The first-order chi connectivity index (χ1) is 9.04. The second kappa shape index (κ2) is 4.67. The minimum atomic E-state index is 0.639. The van der Waals surface area contributed by atoms with E-state index in [9.17, 15) is 0 Å². The number of aryl methyl sites for hydroxylation is 3. The fraction of sp³-hybridized carbons (Fsp3) is 0.400. The SMILES string of the molecule is Cc1cn(C2CC2)c(Nc2c(C)cc(Br)cc2C)n1. The number of anilines is 2. The van der Waals surface area contributed by atoms with Gasteiger partial charge in [0, 0.05) is 22.4 Å². The normalized spacial score (nSPS) is 14.7. The van der Waals surface area contributed by atoms with Crippen LogP contribution >= 0.6 is 15.9 Å². The molecule has 0 unspecified atom stereocenters. The maximum Gasteiger partial charge on any atom is 0.207 e. The summed E-state index contributed by atoms with van der Waals surface area (Å²) in [4.78, 5) is 4.61. The Morgan fingerprint density at radius 1 is 1.21 bits per heavy atom. The Morgan fingerprint density at radius 3 is 2.42 bits per heavy atom. The van der Waals surface area contributed by atoms with Crippen LogP contribution in [0.1, 0.15) is 35.7 Å². The van der Waals surface area contributed by atoms with Crippen LogP contribution in [0.3, 0.4) is 0 Å². The molecule has 3 nitrogen and oxygen atoms in total. The van der Waals surface area contributed by atoms with Gasteiger partial charge in [-0.15, -0.1) is 0 Å². The third kappa shape index (κ3) is 2.54. The van der Waals surface area contributed by atoms with Gasteiger partial charge in [-0.25, -0.2) is 4.98 Å². The minimum Gasteiger partial charge on any atom is -0.325 e. The molecule has 1 heterocycles. The monoisotopic (exact) mass is 319 g/mol. The molecule has 1 aromatic heterocycles. The first kappa shape index (κ1) is 12.7. The van der Waals surface area contributed by atoms with Gasteiger partial charge in [0.1, 0.15) is 0 Å². The van der Waals surface area contributed by atoms with Gasteiger partial charge in [0.05, 0.1) is 5.69 Å². The fourth-order valence-electron chi connectivity index (χ4n) is 2.46. The van der Waals surface area contributed by atoms with Crippen LogP contribution in [0.15, 0.2) is 22.8 Å². The smallest absolute Gasteiger partial charge is 0.207 e. The van der Waals surface area contributed by atoms with Crippen molar-refractivity contribution in [2.24, 2.45) is 0 Å². The zero-order chi connectivity index (χ0) is 13.6. The van der Waals surface area contributed by atoms with Crippen LogP contribution < -0.4 is 5.32 Å². The number of halogens is 1. The zero-order valence-corrected chi connectivity index (χ0v) is 13.1. The van der Waals surface area contributed by atoms with Crippen LogP contribution in [0.2, 0.25) is 0 Å². The van der Waals surface area contributed by atoms with Gasteiger partial charge in [-0.2, -0.15) is 0 Å². The average Bonchev–Trinajstić information content (AvgIpc) is 3.08. The quantitative estimate of drug-likeness (QED) is 0.892. The minimum absolute atomic E-state index is 0.639. The highest BCUT2D eigenvalue weighted by molar-refractivity contribution is 9.10. The fourth-order valence-corrected chi connectivity index (χ4v) is 3.15. The summed E-state index contributed by atoms with van der Waals surface area (Å²) in [5.41, 5.74) is 4.70. The zero-order valence-electron chi connectivity index (χ0n) is 11.5. The lowest BCUT2D eigenvalue weighted by atomic mass is 10.1. The molecule has 1 saturated carbocycles. The van der Waals surface area contributed by atoms with Gasteiger partial charge >= 0.3 is 0 Å². The van der Waals surface area contributed by atoms with Gasteiger partial charge in [0.25, 0.3) is 0 Å². The second-order valence-corrected chi connectivity index (χ2v) is 6.30. The molecule has 0 spiro atoms. The van der Waals surface area contributed by atoms with Crippen LogP contribution in [-0.2, 0) is 0 Å². The first-order valence-corrected chi connectivity index (χ1v) is 7.43. The molecular weight excluding hydrogens is 302 g/mol. The van der Waals surface area contributed by atoms with Crippen molar-refractivity contribution in [3.8, 4) is 0 Å². The van der Waals surface area contributed by atoms with Crippen molar-refractivity contribution in [2.45, 2.75) is 39.7 Å². The number of imidazole rings is 1. The van der Waals surface area contributed by atoms with Gasteiger partial charge in [-0.05, 0) is 56.9 Å². The molecule has 1 N–H and O–H groups in total. The Labute approximate surface area is 122 Å². The average molecular weight is 320 g/mol. The van der Waals surface area contributed by atoms with Crippen molar-refractivity contribution in [1.82, 2.24) is 9.55 Å². The molecule has 0 aliphatic heterocycles. The summed E-state index contributed by atoms with van der Waals surface area (Å²) in [7, 11) is 0. The van der Waals surface area contributed by atoms with Gasteiger partial charge < -0.3 is 9.88 Å². The molecule has 0 radical (unpaired) electrons. The molecule has 1 aromatic carbocycles. The summed E-state index contributed by atoms with van der Waals surface area (Å²) >= 11 is 3.54. The molecule has 1 aliphatic rings. The summed E-state index contributed by atoms with van der Waals surface area (Å²) < 4.78 is 3.39. The molecule has 3 rings (SSSR count). The molecule has 0 saturated heterocycles. The number of rotatable bonds is 3. The van der Waals surface area contributed by atoms with E-state index in [4.69, 9.17) is 0 Å². The Kier molecular flexibility index (Phi) is 3.13. The van der Waals surface area contributed by atoms with Crippen molar-refractivity contribution in [3.05, 3.63) is 39.6 Å². The van der Waals surface area contributed by atoms with E-state index < -0.39 is 0 Å². The van der Waals surface area contributed by atoms with Crippen LogP contribution in [0.5, 0.6) is 0 Å². The lowest BCUT2D eigenvalue weighted by Gasteiger charge is -2.14. The van der Waals surface area contributed by atoms with Gasteiger partial charge in [0.15, 0.2) is 0 Å². The predicted octanol–water partition coefficient (Wildman–Crippen LogP) is 4.65. The second-order valence-electron chi connectivity index (χ2n) is 5.38. The van der Waals surface area contributed by atoms with E-state index in [2.05, 4.69) is 63.0 Å². The van der Waals surface area contributed by atoms with Crippen molar-refractivity contribution >= 4 is 27.6 Å². The molecule has 4 heteroatoms. The summed E-state index contributed by atoms with van der Waals surface area (Å²) in [6.07, 6.45) is 4.68. The standard InChI is InChI=1S/C15H18BrN3/c1-9-6-12(16)7-10(2)14(9)18-15-17-11(3)8-19(15)13-4-5-13/h6-8,13H,4-5H2,1-3H3,(H,17,18). The molecule has 100 valence electrons. The van der Waals surface area contributed by atoms with E-state index in [1.165, 1.54) is 24.0 Å². The number of hydrogen-bond donors (Lipinski definition) is 1. The van der Waals surface area contributed by atoms with Crippen LogP contribution in [0.4, 0.5) is 11.6 Å². The predicted molar refractivity (Wildman–Crippen MR) is 82.1 cm³/mol. The number of nitrogens with zero attached hydrogens (tertiary/aromatic N) is 2. The topological polar surface area (TPSA) is 29.9 Å². The highest BCUT2D eigenvalue weighted by Crippen LogP contribution is 2.38. The van der Waals surface area contributed by atoms with E-state index >= 15 is 0 Å². The van der Waals surface area contributed by atoms with Crippen molar-refractivity contribution in [2.75, 3.05) is 5.32 Å². The van der Waals surface area contributed by atoms with Gasteiger partial charge in [0.2, 0.25) is 5.95 Å². The van der Waals surface area contributed by atoms with Gasteiger partial charge in [-0.1, -0.05) is 15.9 Å². The van der Waals surface area contributed by atoms with Crippen LogP contribution in [0, 0.1) is 20.8 Å². The Bertz CT molecular complexity index is 603. The van der Waals surface area contributed by atoms with E-state index in [0.717, 1.165) is 21.8 Å². The number of nitrogens with one attached hydrogen (secondary N) is 1. The lowest BCUT2D eigenvalue weighted by molar-refractivity contribution is 0.750. The van der Waals surface area contributed by atoms with Crippen LogP contribution in [-0.4, -0.2) is 9.55 Å². The molecule has 1 aliphatic carbocycles. The van der Waals surface area contributed by atoms with Crippen LogP contribution in [0.25, 0.3) is 0 Å². The molecule has 2 aromatic rings. The maximum atomic E-state index is 4.61. The van der Waals surface area contributed by atoms with Crippen molar-refractivity contribution < 1.29 is 0 Å². The third-order valence-electron chi connectivity index (χ3n) is 3.53. The Balaban J connectivity index is 1.97. The number of aromatic nitrogens is 2. The summed E-state index contributed by atoms with van der Waals surface area (Å²) in [5.74, 6) is 0.966. The summed E-state index contributed by atoms with van der Waals surface area (Å²) in [6, 6.07) is 4.90. The van der Waals surface area contributed by atoms with E-state index in [1.807, 2.05) is 6.92 Å². The van der Waals surface area contributed by atoms with Crippen molar-refractivity contribution in [3.63, 3.8) is 0 Å². The summed E-state index contributed by atoms with van der Waals surface area (Å²) in [5, 5.41) is 3.51. The number of benzene rings is 1. The first-order valence-electron chi connectivity index (χ1n) is 6.64. The number of hydrogen-bond acceptors (Lipinski definition) is 2. The Morgan fingerprint density at radius 2 is 1.84 bits per heavy atom. The van der Waals surface area contributed by atoms with Gasteiger partial charge in [-0.3, -0.25) is 0 Å². The molecule has 0 bridgehead atoms. The highest BCUT2D eigenvalue weighted by atomic mass is 79.9. The maximum absolute atomic E-state index is 4.61. The van der Waals surface area contributed by atoms with E-state index in [0.29, 0.717) is 6.04 Å². The lowest BCUT2D eigenvalue weighted by Crippen LogP contribution is -2.03.